The van der Waals surface area contributed by atoms with Crippen LogP contribution in [0.15, 0.2) is 24.3 Å². The summed E-state index contributed by atoms with van der Waals surface area (Å²) in [6.45, 7) is 2.60. The summed E-state index contributed by atoms with van der Waals surface area (Å²) >= 11 is 0. The van der Waals surface area contributed by atoms with Crippen LogP contribution >= 0.6 is 0 Å². The molecule has 0 unspecified atom stereocenters. The Labute approximate surface area is 168 Å². The van der Waals surface area contributed by atoms with E-state index < -0.39 is 17.2 Å². The van der Waals surface area contributed by atoms with Crippen LogP contribution in [0.4, 0.5) is 18.9 Å². The van der Waals surface area contributed by atoms with Gasteiger partial charge < -0.3 is 4.90 Å². The van der Waals surface area contributed by atoms with Crippen LogP contribution in [0.5, 0.6) is 0 Å². The summed E-state index contributed by atoms with van der Waals surface area (Å²) in [6, 6.07) is 5.36. The van der Waals surface area contributed by atoms with E-state index in [1.807, 2.05) is 9.80 Å². The van der Waals surface area contributed by atoms with E-state index in [4.69, 9.17) is 0 Å². The highest BCUT2D eigenvalue weighted by Gasteiger charge is 2.51. The minimum Gasteiger partial charge on any atom is -0.369 e. The summed E-state index contributed by atoms with van der Waals surface area (Å²) in [4.78, 5) is 30.8. The first-order valence-electron chi connectivity index (χ1n) is 10.3. The van der Waals surface area contributed by atoms with Gasteiger partial charge in [0.2, 0.25) is 11.8 Å². The maximum absolute atomic E-state index is 13.0. The Kier molecular flexibility index (Phi) is 5.31. The molecule has 5 nitrogen and oxygen atoms in total. The van der Waals surface area contributed by atoms with Gasteiger partial charge in [0.05, 0.1) is 17.6 Å². The van der Waals surface area contributed by atoms with E-state index in [-0.39, 0.29) is 18.5 Å². The van der Waals surface area contributed by atoms with Crippen molar-refractivity contribution in [3.63, 3.8) is 0 Å². The van der Waals surface area contributed by atoms with Crippen LogP contribution in [0.3, 0.4) is 0 Å². The molecule has 2 saturated heterocycles. The van der Waals surface area contributed by atoms with Crippen molar-refractivity contribution in [3.8, 4) is 0 Å². The van der Waals surface area contributed by atoms with E-state index in [1.54, 1.807) is 6.07 Å². The van der Waals surface area contributed by atoms with E-state index in [0.717, 1.165) is 38.2 Å². The van der Waals surface area contributed by atoms with Gasteiger partial charge in [-0.1, -0.05) is 25.3 Å². The fraction of sp³-hybridized carbons (Fsp3) is 0.619. The third-order valence-corrected chi connectivity index (χ3v) is 6.55. The van der Waals surface area contributed by atoms with Gasteiger partial charge in [-0.2, -0.15) is 13.2 Å². The number of imide groups is 1. The van der Waals surface area contributed by atoms with E-state index in [0.29, 0.717) is 38.3 Å². The molecule has 0 atom stereocenters. The first kappa shape index (κ1) is 20.2. The quantitative estimate of drug-likeness (QED) is 0.717. The highest BCUT2D eigenvalue weighted by molar-refractivity contribution is 6.05. The van der Waals surface area contributed by atoms with E-state index in [1.165, 1.54) is 17.0 Å². The fourth-order valence-electron chi connectivity index (χ4n) is 4.85. The molecule has 8 heteroatoms. The number of benzene rings is 1. The first-order chi connectivity index (χ1) is 13.8. The second-order valence-corrected chi connectivity index (χ2v) is 8.44. The van der Waals surface area contributed by atoms with Gasteiger partial charge in [0.15, 0.2) is 0 Å². The molecule has 2 amide bonds. The van der Waals surface area contributed by atoms with Crippen LogP contribution < -0.4 is 4.90 Å². The second kappa shape index (κ2) is 7.63. The largest absolute Gasteiger partial charge is 0.416 e. The molecule has 1 aromatic rings. The average molecular weight is 409 g/mol. The van der Waals surface area contributed by atoms with Crippen LogP contribution in [0.25, 0.3) is 0 Å². The molecule has 0 aromatic heterocycles. The van der Waals surface area contributed by atoms with E-state index in [2.05, 4.69) is 0 Å². The summed E-state index contributed by atoms with van der Waals surface area (Å²) in [5.41, 5.74) is -0.577. The average Bonchev–Trinajstić information content (AvgIpc) is 2.92. The summed E-state index contributed by atoms with van der Waals surface area (Å²) in [5.74, 6) is -0.111. The van der Waals surface area contributed by atoms with Crippen LogP contribution in [0, 0.1) is 5.41 Å². The van der Waals surface area contributed by atoms with Gasteiger partial charge in [-0.3, -0.25) is 19.4 Å². The fourth-order valence-corrected chi connectivity index (χ4v) is 4.85. The minimum atomic E-state index is -4.36. The zero-order chi connectivity index (χ0) is 20.6. The smallest absolute Gasteiger partial charge is 0.369 e. The number of carbonyl (C=O) groups is 2. The SMILES string of the molecule is O=C1CC2(CCCCC2)C(=O)N1CN1CCN(c2cccc(C(F)(F)F)c2)CC1. The molecule has 29 heavy (non-hydrogen) atoms. The van der Waals surface area contributed by atoms with Crippen molar-refractivity contribution < 1.29 is 22.8 Å². The summed E-state index contributed by atoms with van der Waals surface area (Å²) in [5, 5.41) is 0. The Morgan fingerprint density at radius 2 is 1.66 bits per heavy atom. The molecule has 0 N–H and O–H groups in total. The lowest BCUT2D eigenvalue weighted by Gasteiger charge is -2.38. The highest BCUT2D eigenvalue weighted by Crippen LogP contribution is 2.45. The number of hydrogen-bond acceptors (Lipinski definition) is 4. The van der Waals surface area contributed by atoms with Gasteiger partial charge in [-0.05, 0) is 31.0 Å². The molecule has 3 aliphatic rings. The zero-order valence-corrected chi connectivity index (χ0v) is 16.4. The Morgan fingerprint density at radius 1 is 0.966 bits per heavy atom. The second-order valence-electron chi connectivity index (χ2n) is 8.44. The molecule has 2 heterocycles. The standard InChI is InChI=1S/C21H26F3N3O2/c22-21(23,24)16-5-4-6-17(13-16)26-11-9-25(10-12-26)15-27-18(28)14-20(19(27)29)7-2-1-3-8-20/h4-6,13H,1-3,7-12,14-15H2. The third kappa shape index (κ3) is 3.99. The minimum absolute atomic E-state index is 0.0255. The van der Waals surface area contributed by atoms with Gasteiger partial charge in [0.25, 0.3) is 0 Å². The summed E-state index contributed by atoms with van der Waals surface area (Å²) < 4.78 is 38.9. The number of piperazine rings is 1. The molecule has 0 bridgehead atoms. The van der Waals surface area contributed by atoms with Gasteiger partial charge in [-0.15, -0.1) is 0 Å². The van der Waals surface area contributed by atoms with Gasteiger partial charge in [0, 0.05) is 38.3 Å². The number of hydrogen-bond donors (Lipinski definition) is 0. The zero-order valence-electron chi connectivity index (χ0n) is 16.4. The number of likely N-dealkylation sites (tertiary alicyclic amines) is 1. The molecule has 4 rings (SSSR count). The molecular formula is C21H26F3N3O2. The third-order valence-electron chi connectivity index (χ3n) is 6.55. The molecule has 2 aliphatic heterocycles. The van der Waals surface area contributed by atoms with Crippen molar-refractivity contribution in [2.75, 3.05) is 37.7 Å². The number of carbonyl (C=O) groups excluding carboxylic acids is 2. The number of rotatable bonds is 3. The molecule has 1 aliphatic carbocycles. The Bertz CT molecular complexity index is 782. The molecule has 3 fully saturated rings. The summed E-state index contributed by atoms with van der Waals surface area (Å²) in [7, 11) is 0. The molecule has 158 valence electrons. The van der Waals surface area contributed by atoms with Gasteiger partial charge >= 0.3 is 6.18 Å². The number of nitrogens with zero attached hydrogens (tertiary/aromatic N) is 3. The van der Waals surface area contributed by atoms with Crippen LogP contribution in [-0.2, 0) is 15.8 Å². The number of anilines is 1. The lowest BCUT2D eigenvalue weighted by atomic mass is 9.73. The van der Waals surface area contributed by atoms with Crippen molar-refractivity contribution >= 4 is 17.5 Å². The number of halogens is 3. The maximum Gasteiger partial charge on any atom is 0.416 e. The van der Waals surface area contributed by atoms with Crippen molar-refractivity contribution in [3.05, 3.63) is 29.8 Å². The van der Waals surface area contributed by atoms with Crippen LogP contribution in [0.2, 0.25) is 0 Å². The Hall–Kier alpha value is -2.09. The Balaban J connectivity index is 1.36. The monoisotopic (exact) mass is 409 g/mol. The van der Waals surface area contributed by atoms with Crippen LogP contribution in [0.1, 0.15) is 44.1 Å². The predicted octanol–water partition coefficient (Wildman–Crippen LogP) is 3.49. The van der Waals surface area contributed by atoms with Crippen LogP contribution in [-0.4, -0.2) is 54.5 Å². The van der Waals surface area contributed by atoms with Crippen molar-refractivity contribution in [1.82, 2.24) is 9.80 Å². The van der Waals surface area contributed by atoms with Gasteiger partial charge in [0.1, 0.15) is 0 Å². The first-order valence-corrected chi connectivity index (χ1v) is 10.3. The van der Waals surface area contributed by atoms with E-state index in [9.17, 15) is 22.8 Å². The number of alkyl halides is 3. The lowest BCUT2D eigenvalue weighted by molar-refractivity contribution is -0.144. The van der Waals surface area contributed by atoms with Crippen molar-refractivity contribution in [1.29, 1.82) is 0 Å². The number of amides is 2. The predicted molar refractivity (Wildman–Crippen MR) is 102 cm³/mol. The van der Waals surface area contributed by atoms with Crippen molar-refractivity contribution in [2.24, 2.45) is 5.41 Å². The normalized spacial score (nSPS) is 23.3. The molecule has 1 spiro atoms. The lowest BCUT2D eigenvalue weighted by Crippen LogP contribution is -2.51. The van der Waals surface area contributed by atoms with E-state index >= 15 is 0 Å². The highest BCUT2D eigenvalue weighted by atomic mass is 19.4. The maximum atomic E-state index is 13.0. The van der Waals surface area contributed by atoms with Crippen molar-refractivity contribution in [2.45, 2.75) is 44.7 Å². The summed E-state index contributed by atoms with van der Waals surface area (Å²) in [6.07, 6.45) is 0.708. The molecular weight excluding hydrogens is 383 g/mol. The van der Waals surface area contributed by atoms with Gasteiger partial charge in [-0.25, -0.2) is 0 Å². The topological polar surface area (TPSA) is 43.9 Å². The Morgan fingerprint density at radius 3 is 2.31 bits per heavy atom. The molecule has 1 aromatic carbocycles. The molecule has 1 saturated carbocycles. The molecule has 0 radical (unpaired) electrons.